The van der Waals surface area contributed by atoms with Gasteiger partial charge in [0, 0.05) is 5.25 Å². The Morgan fingerprint density at radius 3 is 2.50 bits per heavy atom. The molecule has 1 fully saturated rings. The van der Waals surface area contributed by atoms with Crippen molar-refractivity contribution in [3.05, 3.63) is 0 Å². The van der Waals surface area contributed by atoms with E-state index in [0.717, 1.165) is 5.25 Å². The van der Waals surface area contributed by atoms with Crippen molar-refractivity contribution in [1.29, 1.82) is 0 Å². The highest BCUT2D eigenvalue weighted by Crippen LogP contribution is 2.25. The van der Waals surface area contributed by atoms with Crippen molar-refractivity contribution in [1.82, 2.24) is 10.3 Å². The van der Waals surface area contributed by atoms with Gasteiger partial charge in [-0.1, -0.05) is 31.2 Å². The second-order valence-electron chi connectivity index (χ2n) is 2.73. The molecule has 0 amide bonds. The Balaban J connectivity index is 2.02. The molecule has 0 atom stereocenters. The summed E-state index contributed by atoms with van der Waals surface area (Å²) in [5.41, 5.74) is 2.93. The standard InChI is InChI=1S/C7H16N2S/c1-8-9-10-7-5-3-2-4-6-7/h7-9H,2-6H2,1H3. The Morgan fingerprint density at radius 1 is 1.20 bits per heavy atom. The van der Waals surface area contributed by atoms with E-state index >= 15 is 0 Å². The SMILES string of the molecule is CNNSC1CCCCC1. The first-order chi connectivity index (χ1) is 4.93. The monoisotopic (exact) mass is 160 g/mol. The van der Waals surface area contributed by atoms with E-state index in [1.807, 2.05) is 19.0 Å². The van der Waals surface area contributed by atoms with Gasteiger partial charge in [0.1, 0.15) is 0 Å². The lowest BCUT2D eigenvalue weighted by Crippen LogP contribution is -2.24. The highest BCUT2D eigenvalue weighted by molar-refractivity contribution is 7.97. The maximum atomic E-state index is 3.08. The van der Waals surface area contributed by atoms with Gasteiger partial charge in [-0.05, 0) is 19.9 Å². The molecule has 3 heteroatoms. The molecule has 0 heterocycles. The van der Waals surface area contributed by atoms with Crippen LogP contribution in [-0.4, -0.2) is 12.3 Å². The number of rotatable bonds is 3. The predicted molar refractivity (Wildman–Crippen MR) is 46.7 cm³/mol. The number of hydrogen-bond acceptors (Lipinski definition) is 3. The van der Waals surface area contributed by atoms with Crippen LogP contribution in [0.1, 0.15) is 32.1 Å². The van der Waals surface area contributed by atoms with Crippen LogP contribution in [-0.2, 0) is 0 Å². The molecule has 1 aliphatic carbocycles. The van der Waals surface area contributed by atoms with Crippen molar-refractivity contribution in [2.75, 3.05) is 7.05 Å². The van der Waals surface area contributed by atoms with Crippen LogP contribution in [0.2, 0.25) is 0 Å². The van der Waals surface area contributed by atoms with Crippen LogP contribution in [0.3, 0.4) is 0 Å². The van der Waals surface area contributed by atoms with E-state index in [1.165, 1.54) is 32.1 Å². The minimum atomic E-state index is 0.848. The van der Waals surface area contributed by atoms with Gasteiger partial charge in [-0.3, -0.25) is 5.43 Å². The van der Waals surface area contributed by atoms with E-state index in [9.17, 15) is 0 Å². The van der Waals surface area contributed by atoms with Gasteiger partial charge in [0.2, 0.25) is 0 Å². The molecule has 1 aliphatic rings. The smallest absolute Gasteiger partial charge is 0.0205 e. The molecule has 60 valence electrons. The second kappa shape index (κ2) is 4.99. The van der Waals surface area contributed by atoms with Gasteiger partial charge in [-0.25, -0.2) is 4.83 Å². The summed E-state index contributed by atoms with van der Waals surface area (Å²) < 4.78 is 0. The average Bonchev–Trinajstić information content (AvgIpc) is 2.03. The average molecular weight is 160 g/mol. The van der Waals surface area contributed by atoms with Gasteiger partial charge in [0.05, 0.1) is 0 Å². The molecule has 2 N–H and O–H groups in total. The van der Waals surface area contributed by atoms with Crippen LogP contribution < -0.4 is 10.3 Å². The summed E-state index contributed by atoms with van der Waals surface area (Å²) in [5, 5.41) is 0.848. The maximum Gasteiger partial charge on any atom is 0.0205 e. The van der Waals surface area contributed by atoms with Crippen LogP contribution in [0.5, 0.6) is 0 Å². The van der Waals surface area contributed by atoms with Crippen molar-refractivity contribution in [3.8, 4) is 0 Å². The molecule has 1 saturated carbocycles. The normalized spacial score (nSPS) is 21.3. The Bertz CT molecular complexity index is 81.7. The summed E-state index contributed by atoms with van der Waals surface area (Å²) in [7, 11) is 1.91. The van der Waals surface area contributed by atoms with Gasteiger partial charge in [-0.15, -0.1) is 0 Å². The molecule has 0 aromatic rings. The highest BCUT2D eigenvalue weighted by Gasteiger charge is 2.12. The van der Waals surface area contributed by atoms with Crippen LogP contribution in [0.4, 0.5) is 0 Å². The van der Waals surface area contributed by atoms with Crippen LogP contribution in [0.15, 0.2) is 0 Å². The van der Waals surface area contributed by atoms with E-state index in [1.54, 1.807) is 0 Å². The fraction of sp³-hybridized carbons (Fsp3) is 1.00. The fourth-order valence-electron chi connectivity index (χ4n) is 1.33. The molecule has 0 bridgehead atoms. The summed E-state index contributed by atoms with van der Waals surface area (Å²) >= 11 is 1.84. The van der Waals surface area contributed by atoms with Crippen molar-refractivity contribution in [3.63, 3.8) is 0 Å². The Kier molecular flexibility index (Phi) is 4.18. The third-order valence-corrected chi connectivity index (χ3v) is 3.01. The van der Waals surface area contributed by atoms with E-state index in [-0.39, 0.29) is 0 Å². The quantitative estimate of drug-likeness (QED) is 0.485. The van der Waals surface area contributed by atoms with E-state index in [2.05, 4.69) is 10.3 Å². The van der Waals surface area contributed by atoms with Gasteiger partial charge >= 0.3 is 0 Å². The Morgan fingerprint density at radius 2 is 1.90 bits per heavy atom. The summed E-state index contributed by atoms with van der Waals surface area (Å²) in [6.07, 6.45) is 7.06. The van der Waals surface area contributed by atoms with E-state index < -0.39 is 0 Å². The van der Waals surface area contributed by atoms with Crippen molar-refractivity contribution >= 4 is 11.9 Å². The molecular weight excluding hydrogens is 144 g/mol. The topological polar surface area (TPSA) is 24.1 Å². The fourth-order valence-corrected chi connectivity index (χ4v) is 2.18. The summed E-state index contributed by atoms with van der Waals surface area (Å²) in [6, 6.07) is 0. The molecule has 1 rings (SSSR count). The van der Waals surface area contributed by atoms with Crippen LogP contribution >= 0.6 is 11.9 Å². The molecule has 2 nitrogen and oxygen atoms in total. The van der Waals surface area contributed by atoms with Crippen molar-refractivity contribution in [2.45, 2.75) is 37.4 Å². The molecular formula is C7H16N2S. The second-order valence-corrected chi connectivity index (χ2v) is 3.84. The molecule has 0 spiro atoms. The third-order valence-electron chi connectivity index (χ3n) is 1.88. The lowest BCUT2D eigenvalue weighted by molar-refractivity contribution is 0.513. The first kappa shape index (κ1) is 8.37. The molecule has 0 unspecified atom stereocenters. The van der Waals surface area contributed by atoms with Crippen molar-refractivity contribution < 1.29 is 0 Å². The number of hydrogen-bond donors (Lipinski definition) is 2. The first-order valence-corrected chi connectivity index (χ1v) is 4.89. The zero-order valence-corrected chi connectivity index (χ0v) is 7.34. The zero-order chi connectivity index (χ0) is 7.23. The van der Waals surface area contributed by atoms with Crippen LogP contribution in [0, 0.1) is 0 Å². The minimum absolute atomic E-state index is 0.848. The van der Waals surface area contributed by atoms with Gasteiger partial charge in [0.25, 0.3) is 0 Å². The number of nitrogens with one attached hydrogen (secondary N) is 2. The summed E-state index contributed by atoms with van der Waals surface area (Å²) in [6.45, 7) is 0. The zero-order valence-electron chi connectivity index (χ0n) is 6.52. The molecule has 0 radical (unpaired) electrons. The first-order valence-electron chi connectivity index (χ1n) is 4.01. The van der Waals surface area contributed by atoms with E-state index in [0.29, 0.717) is 0 Å². The Hall–Kier alpha value is 0.270. The van der Waals surface area contributed by atoms with Gasteiger partial charge in [0.15, 0.2) is 0 Å². The maximum absolute atomic E-state index is 3.08. The number of hydrazine groups is 1. The molecule has 10 heavy (non-hydrogen) atoms. The van der Waals surface area contributed by atoms with Crippen molar-refractivity contribution in [2.24, 2.45) is 0 Å². The van der Waals surface area contributed by atoms with Gasteiger partial charge < -0.3 is 0 Å². The molecule has 0 aliphatic heterocycles. The van der Waals surface area contributed by atoms with Crippen LogP contribution in [0.25, 0.3) is 0 Å². The summed E-state index contributed by atoms with van der Waals surface area (Å²) in [5.74, 6) is 0. The molecule has 0 aromatic carbocycles. The molecule has 0 aromatic heterocycles. The predicted octanol–water partition coefficient (Wildman–Crippen LogP) is 1.69. The lowest BCUT2D eigenvalue weighted by Gasteiger charge is -2.20. The third kappa shape index (κ3) is 2.90. The largest absolute Gasteiger partial charge is 0.251 e. The molecule has 0 saturated heterocycles. The lowest BCUT2D eigenvalue weighted by atomic mass is 10.0. The highest BCUT2D eigenvalue weighted by atomic mass is 32.2. The van der Waals surface area contributed by atoms with Gasteiger partial charge in [-0.2, -0.15) is 0 Å². The minimum Gasteiger partial charge on any atom is -0.251 e. The summed E-state index contributed by atoms with van der Waals surface area (Å²) in [4.78, 5) is 3.08. The Labute approximate surface area is 67.3 Å². The van der Waals surface area contributed by atoms with E-state index in [4.69, 9.17) is 0 Å².